The molecule has 0 spiro atoms. The Balaban J connectivity index is 1.67. The van der Waals surface area contributed by atoms with E-state index < -0.39 is 0 Å². The minimum atomic E-state index is -0.380. The molecule has 0 atom stereocenters. The Morgan fingerprint density at radius 2 is 1.88 bits per heavy atom. The Morgan fingerprint density at radius 1 is 1.16 bits per heavy atom. The number of hydrogen-bond acceptors (Lipinski definition) is 5. The largest absolute Gasteiger partial charge is 0.494 e. The molecule has 2 N–H and O–H groups in total. The van der Waals surface area contributed by atoms with E-state index in [1.807, 2.05) is 45.0 Å². The number of hydroxylamine groups is 1. The molecule has 1 aromatic carbocycles. The summed E-state index contributed by atoms with van der Waals surface area (Å²) in [5, 5.41) is 2.31. The summed E-state index contributed by atoms with van der Waals surface area (Å²) in [6.45, 7) is 7.79. The summed E-state index contributed by atoms with van der Waals surface area (Å²) in [5.41, 5.74) is 3.52. The first-order valence-electron chi connectivity index (χ1n) is 8.60. The summed E-state index contributed by atoms with van der Waals surface area (Å²) in [6, 6.07) is 6.93. The van der Waals surface area contributed by atoms with E-state index >= 15 is 0 Å². The van der Waals surface area contributed by atoms with E-state index in [2.05, 4.69) is 10.8 Å². The molecule has 2 rings (SSSR count). The lowest BCUT2D eigenvalue weighted by atomic mass is 10.2. The molecule has 7 heteroatoms. The first kappa shape index (κ1) is 19.2. The summed E-state index contributed by atoms with van der Waals surface area (Å²) in [6.07, 6.45) is 2.19. The highest BCUT2D eigenvalue weighted by Crippen LogP contribution is 2.21. The zero-order chi connectivity index (χ0) is 18.3. The molecular formula is C18H27N3O4. The van der Waals surface area contributed by atoms with Crippen LogP contribution in [0.1, 0.15) is 40.0 Å². The Hall–Kier alpha value is -2.12. The van der Waals surface area contributed by atoms with Gasteiger partial charge in [-0.15, -0.1) is 0 Å². The fourth-order valence-corrected chi connectivity index (χ4v) is 2.29. The molecule has 7 nitrogen and oxygen atoms in total. The summed E-state index contributed by atoms with van der Waals surface area (Å²) in [4.78, 5) is 29.9. The molecule has 1 aliphatic rings. The Labute approximate surface area is 148 Å². The number of amides is 3. The molecule has 0 saturated carbocycles. The standard InChI is InChI=1S/C18H27N3O4/c1-18(2,3)25-19-11-4-5-13-24-15-8-6-14(7-9-15)21-12-10-16(22)20-17(21)23/h6-9,19H,4-5,10-13H2,1-3H3,(H,20,22,23). The van der Waals surface area contributed by atoms with E-state index in [1.165, 1.54) is 0 Å². The fourth-order valence-electron chi connectivity index (χ4n) is 2.29. The van der Waals surface area contributed by atoms with Crippen molar-refractivity contribution >= 4 is 17.6 Å². The van der Waals surface area contributed by atoms with Gasteiger partial charge < -0.3 is 4.74 Å². The van der Waals surface area contributed by atoms with E-state index in [0.717, 1.165) is 30.8 Å². The van der Waals surface area contributed by atoms with Gasteiger partial charge in [0.2, 0.25) is 5.91 Å². The highest BCUT2D eigenvalue weighted by atomic mass is 16.7. The third-order valence-electron chi connectivity index (χ3n) is 3.52. The molecule has 3 amide bonds. The van der Waals surface area contributed by atoms with Crippen LogP contribution in [0.25, 0.3) is 0 Å². The average molecular weight is 349 g/mol. The zero-order valence-corrected chi connectivity index (χ0v) is 15.1. The minimum Gasteiger partial charge on any atom is -0.494 e. The van der Waals surface area contributed by atoms with Crippen molar-refractivity contribution in [2.75, 3.05) is 24.6 Å². The topological polar surface area (TPSA) is 79.9 Å². The van der Waals surface area contributed by atoms with Crippen molar-refractivity contribution < 1.29 is 19.2 Å². The highest BCUT2D eigenvalue weighted by molar-refractivity contribution is 6.05. The number of urea groups is 1. The Morgan fingerprint density at radius 3 is 2.52 bits per heavy atom. The van der Waals surface area contributed by atoms with Gasteiger partial charge in [-0.05, 0) is 57.9 Å². The van der Waals surface area contributed by atoms with Crippen molar-refractivity contribution in [3.05, 3.63) is 24.3 Å². The van der Waals surface area contributed by atoms with Gasteiger partial charge in [-0.25, -0.2) is 10.3 Å². The number of hydrogen-bond donors (Lipinski definition) is 2. The zero-order valence-electron chi connectivity index (χ0n) is 15.1. The van der Waals surface area contributed by atoms with Crippen LogP contribution in [0, 0.1) is 0 Å². The molecule has 138 valence electrons. The summed E-state index contributed by atoms with van der Waals surface area (Å²) >= 11 is 0. The lowest BCUT2D eigenvalue weighted by Gasteiger charge is -2.26. The van der Waals surface area contributed by atoms with Gasteiger partial charge in [0.25, 0.3) is 0 Å². The fraction of sp³-hybridized carbons (Fsp3) is 0.556. The number of unbranched alkanes of at least 4 members (excludes halogenated alkanes) is 1. The summed E-state index contributed by atoms with van der Waals surface area (Å²) in [5.74, 6) is 0.528. The summed E-state index contributed by atoms with van der Waals surface area (Å²) in [7, 11) is 0. The third kappa shape index (κ3) is 6.72. The van der Waals surface area contributed by atoms with Gasteiger partial charge in [-0.2, -0.15) is 0 Å². The molecule has 25 heavy (non-hydrogen) atoms. The number of nitrogens with zero attached hydrogens (tertiary/aromatic N) is 1. The van der Waals surface area contributed by atoms with Crippen LogP contribution >= 0.6 is 0 Å². The van der Waals surface area contributed by atoms with Crippen molar-refractivity contribution in [1.29, 1.82) is 0 Å². The minimum absolute atomic E-state index is 0.184. The number of nitrogens with one attached hydrogen (secondary N) is 2. The predicted molar refractivity (Wildman–Crippen MR) is 95.5 cm³/mol. The molecule has 1 aliphatic heterocycles. The van der Waals surface area contributed by atoms with Gasteiger partial charge in [0.15, 0.2) is 0 Å². The SMILES string of the molecule is CC(C)(C)ONCCCCOc1ccc(N2CCC(=O)NC2=O)cc1. The van der Waals surface area contributed by atoms with Gasteiger partial charge in [0, 0.05) is 25.2 Å². The van der Waals surface area contributed by atoms with Gasteiger partial charge >= 0.3 is 6.03 Å². The van der Waals surface area contributed by atoms with Crippen molar-refractivity contribution in [3.8, 4) is 5.75 Å². The third-order valence-corrected chi connectivity index (χ3v) is 3.52. The van der Waals surface area contributed by atoms with Crippen LogP contribution in [-0.2, 0) is 9.63 Å². The molecule has 0 radical (unpaired) electrons. The Bertz CT molecular complexity index is 581. The van der Waals surface area contributed by atoms with Crippen LogP contribution in [0.4, 0.5) is 10.5 Å². The van der Waals surface area contributed by atoms with Crippen LogP contribution in [0.3, 0.4) is 0 Å². The smallest absolute Gasteiger partial charge is 0.328 e. The second-order valence-electron chi connectivity index (χ2n) is 6.91. The molecule has 1 saturated heterocycles. The average Bonchev–Trinajstić information content (AvgIpc) is 2.54. The maximum Gasteiger partial charge on any atom is 0.328 e. The number of carbonyl (C=O) groups is 2. The number of ether oxygens (including phenoxy) is 1. The second kappa shape index (κ2) is 8.82. The molecule has 0 unspecified atom stereocenters. The van der Waals surface area contributed by atoms with Gasteiger partial charge in [0.1, 0.15) is 5.75 Å². The quantitative estimate of drug-likeness (QED) is 0.557. The monoisotopic (exact) mass is 349 g/mol. The van der Waals surface area contributed by atoms with Crippen LogP contribution in [-0.4, -0.2) is 37.2 Å². The van der Waals surface area contributed by atoms with Crippen LogP contribution < -0.4 is 20.4 Å². The first-order chi connectivity index (χ1) is 11.8. The molecular weight excluding hydrogens is 322 g/mol. The molecule has 0 aliphatic carbocycles. The van der Waals surface area contributed by atoms with Crippen LogP contribution in [0.2, 0.25) is 0 Å². The molecule has 0 bridgehead atoms. The van der Waals surface area contributed by atoms with E-state index in [4.69, 9.17) is 9.57 Å². The molecule has 1 aromatic rings. The number of anilines is 1. The predicted octanol–water partition coefficient (Wildman–Crippen LogP) is 2.61. The normalized spacial score (nSPS) is 15.2. The maximum absolute atomic E-state index is 11.8. The summed E-state index contributed by atoms with van der Waals surface area (Å²) < 4.78 is 5.70. The highest BCUT2D eigenvalue weighted by Gasteiger charge is 2.23. The number of carbonyl (C=O) groups excluding carboxylic acids is 2. The van der Waals surface area contributed by atoms with Crippen molar-refractivity contribution in [3.63, 3.8) is 0 Å². The van der Waals surface area contributed by atoms with Crippen molar-refractivity contribution in [1.82, 2.24) is 10.8 Å². The van der Waals surface area contributed by atoms with E-state index in [1.54, 1.807) is 4.90 Å². The second-order valence-corrected chi connectivity index (χ2v) is 6.91. The number of benzene rings is 1. The van der Waals surface area contributed by atoms with Crippen molar-refractivity contribution in [2.24, 2.45) is 0 Å². The van der Waals surface area contributed by atoms with Crippen LogP contribution in [0.5, 0.6) is 5.75 Å². The first-order valence-corrected chi connectivity index (χ1v) is 8.60. The van der Waals surface area contributed by atoms with E-state index in [0.29, 0.717) is 19.6 Å². The number of rotatable bonds is 8. The van der Waals surface area contributed by atoms with Gasteiger partial charge in [-0.1, -0.05) is 0 Å². The van der Waals surface area contributed by atoms with Crippen LogP contribution in [0.15, 0.2) is 24.3 Å². The lowest BCUT2D eigenvalue weighted by Crippen LogP contribution is -2.49. The van der Waals surface area contributed by atoms with Crippen molar-refractivity contribution in [2.45, 2.75) is 45.6 Å². The van der Waals surface area contributed by atoms with Gasteiger partial charge in [0.05, 0.1) is 12.2 Å². The van der Waals surface area contributed by atoms with Gasteiger partial charge in [-0.3, -0.25) is 19.8 Å². The number of imide groups is 1. The molecule has 0 aromatic heterocycles. The molecule has 1 fully saturated rings. The molecule has 1 heterocycles. The van der Waals surface area contributed by atoms with E-state index in [9.17, 15) is 9.59 Å². The Kier molecular flexibility index (Phi) is 6.78. The lowest BCUT2D eigenvalue weighted by molar-refractivity contribution is -0.120. The maximum atomic E-state index is 11.8. The van der Waals surface area contributed by atoms with E-state index in [-0.39, 0.29) is 17.5 Å².